The minimum Gasteiger partial charge on any atom is -0.504 e. The van der Waals surface area contributed by atoms with Crippen molar-refractivity contribution in [2.75, 3.05) is 13.7 Å². The molecular formula is C19H20O4. The van der Waals surface area contributed by atoms with E-state index < -0.39 is 0 Å². The molecule has 0 aromatic heterocycles. The lowest BCUT2D eigenvalue weighted by Crippen LogP contribution is -1.97. The van der Waals surface area contributed by atoms with Gasteiger partial charge in [-0.1, -0.05) is 19.1 Å². The Kier molecular flexibility index (Phi) is 5.80. The van der Waals surface area contributed by atoms with Gasteiger partial charge in [-0.25, -0.2) is 0 Å². The van der Waals surface area contributed by atoms with Gasteiger partial charge in [0.05, 0.1) is 13.7 Å². The zero-order chi connectivity index (χ0) is 16.7. The molecule has 0 amide bonds. The highest BCUT2D eigenvalue weighted by Crippen LogP contribution is 2.26. The van der Waals surface area contributed by atoms with E-state index in [2.05, 4.69) is 0 Å². The molecule has 0 atom stereocenters. The number of ketones is 1. The summed E-state index contributed by atoms with van der Waals surface area (Å²) in [6, 6.07) is 12.0. The number of benzene rings is 2. The van der Waals surface area contributed by atoms with Crippen LogP contribution in [0.4, 0.5) is 0 Å². The summed E-state index contributed by atoms with van der Waals surface area (Å²) in [4.78, 5) is 12.1. The molecule has 2 aromatic carbocycles. The van der Waals surface area contributed by atoms with E-state index >= 15 is 0 Å². The lowest BCUT2D eigenvalue weighted by atomic mass is 10.1. The van der Waals surface area contributed by atoms with Crippen molar-refractivity contribution in [1.82, 2.24) is 0 Å². The van der Waals surface area contributed by atoms with Crippen molar-refractivity contribution in [3.8, 4) is 17.2 Å². The third-order valence-corrected chi connectivity index (χ3v) is 3.24. The molecule has 0 saturated carbocycles. The first-order chi connectivity index (χ1) is 11.1. The Balaban J connectivity index is 2.04. The summed E-state index contributed by atoms with van der Waals surface area (Å²) in [7, 11) is 1.49. The molecule has 2 rings (SSSR count). The highest BCUT2D eigenvalue weighted by Gasteiger charge is 2.04. The Morgan fingerprint density at radius 1 is 1.17 bits per heavy atom. The number of carbonyl (C=O) groups is 1. The predicted molar refractivity (Wildman–Crippen MR) is 90.3 cm³/mol. The average Bonchev–Trinajstić information content (AvgIpc) is 2.58. The maximum Gasteiger partial charge on any atom is 0.185 e. The van der Waals surface area contributed by atoms with Gasteiger partial charge in [0.15, 0.2) is 17.3 Å². The molecule has 4 nitrogen and oxygen atoms in total. The minimum atomic E-state index is -0.109. The van der Waals surface area contributed by atoms with Crippen LogP contribution in [-0.2, 0) is 0 Å². The van der Waals surface area contributed by atoms with Crippen molar-refractivity contribution in [3.63, 3.8) is 0 Å². The number of rotatable bonds is 7. The number of ether oxygens (including phenoxy) is 2. The Bertz CT molecular complexity index is 687. The van der Waals surface area contributed by atoms with Crippen LogP contribution in [0.2, 0.25) is 0 Å². The Labute approximate surface area is 136 Å². The normalized spacial score (nSPS) is 10.7. The number of phenols is 1. The number of hydrogen-bond acceptors (Lipinski definition) is 4. The van der Waals surface area contributed by atoms with Crippen molar-refractivity contribution in [2.24, 2.45) is 0 Å². The van der Waals surface area contributed by atoms with Crippen LogP contribution in [0.15, 0.2) is 48.5 Å². The van der Waals surface area contributed by atoms with Gasteiger partial charge < -0.3 is 14.6 Å². The summed E-state index contributed by atoms with van der Waals surface area (Å²) >= 11 is 0. The quantitative estimate of drug-likeness (QED) is 0.618. The van der Waals surface area contributed by atoms with Gasteiger partial charge in [0.25, 0.3) is 0 Å². The van der Waals surface area contributed by atoms with Crippen molar-refractivity contribution < 1.29 is 19.4 Å². The molecule has 0 saturated heterocycles. The molecule has 4 heteroatoms. The highest BCUT2D eigenvalue weighted by atomic mass is 16.5. The first kappa shape index (κ1) is 16.6. The summed E-state index contributed by atoms with van der Waals surface area (Å²) in [6.45, 7) is 2.70. The first-order valence-electron chi connectivity index (χ1n) is 7.46. The molecule has 0 radical (unpaired) electrons. The van der Waals surface area contributed by atoms with E-state index in [1.807, 2.05) is 6.92 Å². The van der Waals surface area contributed by atoms with Gasteiger partial charge in [-0.2, -0.15) is 0 Å². The molecular weight excluding hydrogens is 292 g/mol. The number of hydrogen-bond donors (Lipinski definition) is 1. The van der Waals surface area contributed by atoms with Crippen LogP contribution in [0.1, 0.15) is 29.3 Å². The van der Waals surface area contributed by atoms with Gasteiger partial charge in [-0.3, -0.25) is 4.79 Å². The molecule has 2 aromatic rings. The summed E-state index contributed by atoms with van der Waals surface area (Å²) in [5.41, 5.74) is 1.31. The summed E-state index contributed by atoms with van der Waals surface area (Å²) < 4.78 is 10.5. The lowest BCUT2D eigenvalue weighted by molar-refractivity contribution is 0.104. The Hall–Kier alpha value is -2.75. The van der Waals surface area contributed by atoms with Gasteiger partial charge in [0.2, 0.25) is 0 Å². The molecule has 0 spiro atoms. The first-order valence-corrected chi connectivity index (χ1v) is 7.46. The van der Waals surface area contributed by atoms with Crippen molar-refractivity contribution >= 4 is 11.9 Å². The molecule has 0 fully saturated rings. The van der Waals surface area contributed by atoms with E-state index in [1.165, 1.54) is 13.2 Å². The van der Waals surface area contributed by atoms with Crippen LogP contribution in [-0.4, -0.2) is 24.6 Å². The number of methoxy groups -OCH3 is 1. The van der Waals surface area contributed by atoms with Crippen LogP contribution in [0.5, 0.6) is 17.2 Å². The van der Waals surface area contributed by atoms with Crippen LogP contribution in [0.3, 0.4) is 0 Å². The fraction of sp³-hybridized carbons (Fsp3) is 0.211. The van der Waals surface area contributed by atoms with E-state index in [0.717, 1.165) is 17.7 Å². The van der Waals surface area contributed by atoms with Gasteiger partial charge in [-0.05, 0) is 54.5 Å². The number of phenolic OH excluding ortho intramolecular Hbond substituents is 1. The highest BCUT2D eigenvalue weighted by molar-refractivity contribution is 6.06. The lowest BCUT2D eigenvalue weighted by Gasteiger charge is -2.04. The Morgan fingerprint density at radius 3 is 2.52 bits per heavy atom. The van der Waals surface area contributed by atoms with Gasteiger partial charge in [0.1, 0.15) is 5.75 Å². The summed E-state index contributed by atoms with van der Waals surface area (Å²) in [5, 5.41) is 9.72. The molecule has 0 aliphatic rings. The second-order valence-electron chi connectivity index (χ2n) is 5.00. The monoisotopic (exact) mass is 312 g/mol. The molecule has 23 heavy (non-hydrogen) atoms. The van der Waals surface area contributed by atoms with E-state index in [1.54, 1.807) is 48.5 Å². The molecule has 0 unspecified atom stereocenters. The maximum atomic E-state index is 12.1. The number of allylic oxidation sites excluding steroid dienone is 1. The molecule has 1 N–H and O–H groups in total. The van der Waals surface area contributed by atoms with Crippen LogP contribution >= 0.6 is 0 Å². The second-order valence-corrected chi connectivity index (χ2v) is 5.00. The maximum absolute atomic E-state index is 12.1. The third-order valence-electron chi connectivity index (χ3n) is 3.24. The third kappa shape index (κ3) is 4.61. The van der Waals surface area contributed by atoms with Crippen LogP contribution in [0, 0.1) is 0 Å². The molecule has 0 aliphatic heterocycles. The topological polar surface area (TPSA) is 55.8 Å². The van der Waals surface area contributed by atoms with Crippen molar-refractivity contribution in [2.45, 2.75) is 13.3 Å². The fourth-order valence-electron chi connectivity index (χ4n) is 2.01. The molecule has 0 heterocycles. The average molecular weight is 312 g/mol. The SMILES string of the molecule is CCCOc1ccc(C(=O)/C=C/c2ccc(OC)c(O)c2)cc1. The van der Waals surface area contributed by atoms with Gasteiger partial charge in [-0.15, -0.1) is 0 Å². The standard InChI is InChI=1S/C19H20O4/c1-3-12-23-16-8-6-15(7-9-16)17(20)10-4-14-5-11-19(22-2)18(21)13-14/h4-11,13,21H,3,12H2,1-2H3/b10-4+. The fourth-order valence-corrected chi connectivity index (χ4v) is 2.01. The van der Waals surface area contributed by atoms with Crippen molar-refractivity contribution in [1.29, 1.82) is 0 Å². The largest absolute Gasteiger partial charge is 0.504 e. The Morgan fingerprint density at radius 2 is 1.91 bits per heavy atom. The second kappa shape index (κ2) is 8.03. The summed E-state index contributed by atoms with van der Waals surface area (Å²) in [6.07, 6.45) is 4.07. The molecule has 0 aliphatic carbocycles. The molecule has 0 bridgehead atoms. The van der Waals surface area contributed by atoms with Gasteiger partial charge >= 0.3 is 0 Å². The molecule has 120 valence electrons. The van der Waals surface area contributed by atoms with E-state index in [9.17, 15) is 9.90 Å². The smallest absolute Gasteiger partial charge is 0.185 e. The van der Waals surface area contributed by atoms with E-state index in [0.29, 0.717) is 17.9 Å². The summed E-state index contributed by atoms with van der Waals surface area (Å²) in [5.74, 6) is 1.09. The zero-order valence-electron chi connectivity index (χ0n) is 13.3. The van der Waals surface area contributed by atoms with Gasteiger partial charge in [0, 0.05) is 5.56 Å². The van der Waals surface area contributed by atoms with E-state index in [-0.39, 0.29) is 11.5 Å². The number of aromatic hydroxyl groups is 1. The number of carbonyl (C=O) groups excluding carboxylic acids is 1. The predicted octanol–water partition coefficient (Wildman–Crippen LogP) is 4.09. The van der Waals surface area contributed by atoms with Crippen LogP contribution in [0.25, 0.3) is 6.08 Å². The van der Waals surface area contributed by atoms with Crippen molar-refractivity contribution in [3.05, 3.63) is 59.7 Å². The minimum absolute atomic E-state index is 0.0412. The zero-order valence-corrected chi connectivity index (χ0v) is 13.3. The van der Waals surface area contributed by atoms with Crippen LogP contribution < -0.4 is 9.47 Å². The van der Waals surface area contributed by atoms with E-state index in [4.69, 9.17) is 9.47 Å².